The first-order valence-electron chi connectivity index (χ1n) is 6.88. The van der Waals surface area contributed by atoms with E-state index < -0.39 is 0 Å². The number of para-hydroxylation sites is 2. The van der Waals surface area contributed by atoms with Gasteiger partial charge in [0.2, 0.25) is 0 Å². The smallest absolute Gasteiger partial charge is 0.316 e. The number of fused-ring (bicyclic) bond motifs is 1. The molecule has 5 nitrogen and oxygen atoms in total. The molecule has 0 amide bonds. The number of carbonyl (C=O) groups excluding carboxylic acids is 1. The third-order valence-corrected chi connectivity index (χ3v) is 3.92. The van der Waals surface area contributed by atoms with Crippen LogP contribution in [-0.4, -0.2) is 16.7 Å². The Morgan fingerprint density at radius 1 is 1.22 bits per heavy atom. The summed E-state index contributed by atoms with van der Waals surface area (Å²) in [6, 6.07) is 16.5. The van der Waals surface area contributed by atoms with Crippen LogP contribution in [0.2, 0.25) is 0 Å². The van der Waals surface area contributed by atoms with Gasteiger partial charge in [-0.2, -0.15) is 5.26 Å². The predicted molar refractivity (Wildman–Crippen MR) is 85.7 cm³/mol. The summed E-state index contributed by atoms with van der Waals surface area (Å²) in [4.78, 5) is 16.1. The van der Waals surface area contributed by atoms with Crippen LogP contribution in [-0.2, 0) is 16.1 Å². The van der Waals surface area contributed by atoms with E-state index in [-0.39, 0.29) is 18.3 Å². The van der Waals surface area contributed by atoms with Crippen LogP contribution in [0.4, 0.5) is 0 Å². The lowest BCUT2D eigenvalue weighted by Crippen LogP contribution is -2.08. The van der Waals surface area contributed by atoms with E-state index in [9.17, 15) is 4.79 Å². The number of rotatable bonds is 5. The molecule has 0 fully saturated rings. The highest BCUT2D eigenvalue weighted by molar-refractivity contribution is 7.99. The summed E-state index contributed by atoms with van der Waals surface area (Å²) in [5.41, 5.74) is 2.64. The molecule has 0 N–H and O–H groups in total. The lowest BCUT2D eigenvalue weighted by molar-refractivity contribution is -0.141. The summed E-state index contributed by atoms with van der Waals surface area (Å²) in [5, 5.41) is 9.42. The topological polar surface area (TPSA) is 76.1 Å². The van der Waals surface area contributed by atoms with Crippen molar-refractivity contribution in [2.45, 2.75) is 11.8 Å². The molecule has 0 aliphatic heterocycles. The SMILES string of the molecule is N#Cc1ccccc1COC(=O)CSc1nc2ccccc2o1. The lowest BCUT2D eigenvalue weighted by atomic mass is 10.1. The zero-order chi connectivity index (χ0) is 16.1. The van der Waals surface area contributed by atoms with E-state index in [4.69, 9.17) is 14.4 Å². The molecule has 3 aromatic rings. The van der Waals surface area contributed by atoms with Crippen molar-refractivity contribution in [1.82, 2.24) is 4.98 Å². The Morgan fingerprint density at radius 2 is 2.00 bits per heavy atom. The Balaban J connectivity index is 1.54. The first kappa shape index (κ1) is 15.1. The number of ether oxygens (including phenoxy) is 1. The Kier molecular flexibility index (Phi) is 4.60. The number of oxazole rings is 1. The van der Waals surface area contributed by atoms with E-state index in [1.54, 1.807) is 24.3 Å². The molecular formula is C17H12N2O3S. The second-order valence-corrected chi connectivity index (χ2v) is 5.59. The van der Waals surface area contributed by atoms with Crippen molar-refractivity contribution in [2.75, 3.05) is 5.75 Å². The molecule has 0 atom stereocenters. The van der Waals surface area contributed by atoms with Crippen LogP contribution in [0.3, 0.4) is 0 Å². The van der Waals surface area contributed by atoms with Crippen molar-refractivity contribution in [2.24, 2.45) is 0 Å². The fourth-order valence-corrected chi connectivity index (χ4v) is 2.62. The lowest BCUT2D eigenvalue weighted by Gasteiger charge is -2.05. The van der Waals surface area contributed by atoms with Crippen LogP contribution in [0.1, 0.15) is 11.1 Å². The van der Waals surface area contributed by atoms with Gasteiger partial charge in [-0.3, -0.25) is 4.79 Å². The molecular weight excluding hydrogens is 312 g/mol. The van der Waals surface area contributed by atoms with E-state index in [1.165, 1.54) is 11.8 Å². The molecule has 3 rings (SSSR count). The predicted octanol–water partition coefficient (Wildman–Crippen LogP) is 3.53. The van der Waals surface area contributed by atoms with Crippen LogP contribution in [0.25, 0.3) is 11.1 Å². The number of nitriles is 1. The quantitative estimate of drug-likeness (QED) is 0.528. The normalized spacial score (nSPS) is 10.4. The Morgan fingerprint density at radius 3 is 2.83 bits per heavy atom. The molecule has 0 unspecified atom stereocenters. The summed E-state index contributed by atoms with van der Waals surface area (Å²) in [5.74, 6) is -0.286. The summed E-state index contributed by atoms with van der Waals surface area (Å²) in [6.07, 6.45) is 0. The van der Waals surface area contributed by atoms with Crippen LogP contribution >= 0.6 is 11.8 Å². The molecule has 0 aliphatic carbocycles. The second kappa shape index (κ2) is 6.99. The maximum absolute atomic E-state index is 11.8. The molecule has 2 aromatic carbocycles. The van der Waals surface area contributed by atoms with Gasteiger partial charge in [-0.1, -0.05) is 42.1 Å². The highest BCUT2D eigenvalue weighted by Crippen LogP contribution is 2.23. The Bertz CT molecular complexity index is 850. The number of esters is 1. The zero-order valence-corrected chi connectivity index (χ0v) is 12.9. The molecule has 1 aromatic heterocycles. The van der Waals surface area contributed by atoms with E-state index in [0.717, 1.165) is 5.52 Å². The molecule has 0 saturated carbocycles. The third-order valence-electron chi connectivity index (χ3n) is 3.11. The van der Waals surface area contributed by atoms with Crippen molar-refractivity contribution in [3.8, 4) is 6.07 Å². The molecule has 0 spiro atoms. The molecule has 0 saturated heterocycles. The van der Waals surface area contributed by atoms with Gasteiger partial charge in [0.15, 0.2) is 5.58 Å². The van der Waals surface area contributed by atoms with Crippen molar-refractivity contribution in [3.63, 3.8) is 0 Å². The number of benzene rings is 2. The third kappa shape index (κ3) is 3.71. The minimum absolute atomic E-state index is 0.0800. The van der Waals surface area contributed by atoms with Gasteiger partial charge in [-0.15, -0.1) is 0 Å². The van der Waals surface area contributed by atoms with Crippen LogP contribution in [0, 0.1) is 11.3 Å². The highest BCUT2D eigenvalue weighted by Gasteiger charge is 2.11. The van der Waals surface area contributed by atoms with Gasteiger partial charge in [0.1, 0.15) is 17.9 Å². The largest absolute Gasteiger partial charge is 0.460 e. The average molecular weight is 324 g/mol. The Hall–Kier alpha value is -2.78. The number of nitrogens with zero attached hydrogens (tertiary/aromatic N) is 2. The molecule has 6 heteroatoms. The number of hydrogen-bond acceptors (Lipinski definition) is 6. The zero-order valence-electron chi connectivity index (χ0n) is 12.1. The van der Waals surface area contributed by atoms with Crippen LogP contribution < -0.4 is 0 Å². The second-order valence-electron chi connectivity index (χ2n) is 4.67. The van der Waals surface area contributed by atoms with E-state index in [2.05, 4.69) is 11.1 Å². The first-order chi connectivity index (χ1) is 11.3. The molecule has 0 bridgehead atoms. The fraction of sp³-hybridized carbons (Fsp3) is 0.118. The van der Waals surface area contributed by atoms with Crippen molar-refractivity contribution in [3.05, 3.63) is 59.7 Å². The molecule has 0 radical (unpaired) electrons. The van der Waals surface area contributed by atoms with Gasteiger partial charge in [-0.05, 0) is 18.2 Å². The van der Waals surface area contributed by atoms with E-state index in [0.29, 0.717) is 21.9 Å². The van der Waals surface area contributed by atoms with Crippen LogP contribution in [0.5, 0.6) is 0 Å². The summed E-state index contributed by atoms with van der Waals surface area (Å²) >= 11 is 1.18. The molecule has 1 heterocycles. The standard InChI is InChI=1S/C17H12N2O3S/c18-9-12-5-1-2-6-13(12)10-21-16(20)11-23-17-19-14-7-3-4-8-15(14)22-17/h1-8H,10-11H2. The molecule has 0 aliphatic rings. The maximum atomic E-state index is 11.8. The average Bonchev–Trinajstić information content (AvgIpc) is 3.01. The number of thioether (sulfide) groups is 1. The summed E-state index contributed by atoms with van der Waals surface area (Å²) in [6.45, 7) is 0.0800. The van der Waals surface area contributed by atoms with Crippen LogP contribution in [0.15, 0.2) is 58.2 Å². The summed E-state index contributed by atoms with van der Waals surface area (Å²) < 4.78 is 10.7. The molecule has 114 valence electrons. The Labute approximate surface area is 136 Å². The van der Waals surface area contributed by atoms with Crippen molar-refractivity contribution >= 4 is 28.8 Å². The summed E-state index contributed by atoms with van der Waals surface area (Å²) in [7, 11) is 0. The number of carbonyl (C=O) groups is 1. The number of aromatic nitrogens is 1. The van der Waals surface area contributed by atoms with Gasteiger partial charge in [0, 0.05) is 5.56 Å². The van der Waals surface area contributed by atoms with Gasteiger partial charge < -0.3 is 9.15 Å². The first-order valence-corrected chi connectivity index (χ1v) is 7.87. The minimum atomic E-state index is -0.384. The molecule has 23 heavy (non-hydrogen) atoms. The minimum Gasteiger partial charge on any atom is -0.460 e. The van der Waals surface area contributed by atoms with Gasteiger partial charge in [-0.25, -0.2) is 4.98 Å². The van der Waals surface area contributed by atoms with Gasteiger partial charge in [0.25, 0.3) is 5.22 Å². The van der Waals surface area contributed by atoms with Gasteiger partial charge in [0.05, 0.1) is 11.6 Å². The monoisotopic (exact) mass is 324 g/mol. The van der Waals surface area contributed by atoms with Gasteiger partial charge >= 0.3 is 5.97 Å². The fourth-order valence-electron chi connectivity index (χ4n) is 1.99. The number of hydrogen-bond donors (Lipinski definition) is 0. The highest BCUT2D eigenvalue weighted by atomic mass is 32.2. The van der Waals surface area contributed by atoms with E-state index >= 15 is 0 Å². The van der Waals surface area contributed by atoms with E-state index in [1.807, 2.05) is 24.3 Å². The van der Waals surface area contributed by atoms with Crippen molar-refractivity contribution in [1.29, 1.82) is 5.26 Å². The van der Waals surface area contributed by atoms with Crippen molar-refractivity contribution < 1.29 is 13.9 Å². The maximum Gasteiger partial charge on any atom is 0.316 e.